The van der Waals surface area contributed by atoms with E-state index in [-0.39, 0.29) is 0 Å². The summed E-state index contributed by atoms with van der Waals surface area (Å²) in [5.74, 6) is 0.820. The fourth-order valence-electron chi connectivity index (χ4n) is 3.13. The van der Waals surface area contributed by atoms with Crippen LogP contribution >= 0.6 is 34.9 Å². The fourth-order valence-corrected chi connectivity index (χ4v) is 4.36. The van der Waals surface area contributed by atoms with Crippen molar-refractivity contribution in [3.8, 4) is 0 Å². The standard InChI is InChI=1S/C14H16Cl2N4S/c15-9-6-10(16)14(13-12(9)18-21-19-13)20-5-1-4-17-11(7-20)8-2-3-8/h6,8,11,17H,1-5,7H2. The molecule has 1 unspecified atom stereocenters. The molecule has 0 spiro atoms. The van der Waals surface area contributed by atoms with Crippen LogP contribution in [0.15, 0.2) is 6.07 Å². The van der Waals surface area contributed by atoms with E-state index < -0.39 is 0 Å². The maximum atomic E-state index is 6.49. The summed E-state index contributed by atoms with van der Waals surface area (Å²) < 4.78 is 8.73. The van der Waals surface area contributed by atoms with Gasteiger partial charge in [0.1, 0.15) is 11.0 Å². The minimum absolute atomic E-state index is 0.556. The first kappa shape index (κ1) is 14.0. The molecular formula is C14H16Cl2N4S. The molecule has 1 saturated heterocycles. The normalized spacial score (nSPS) is 23.5. The second-order valence-electron chi connectivity index (χ2n) is 5.85. The Balaban J connectivity index is 1.75. The molecule has 0 bridgehead atoms. The van der Waals surface area contributed by atoms with Gasteiger partial charge in [0.2, 0.25) is 0 Å². The highest BCUT2D eigenvalue weighted by atomic mass is 35.5. The van der Waals surface area contributed by atoms with Gasteiger partial charge in [-0.3, -0.25) is 0 Å². The Morgan fingerprint density at radius 2 is 2.00 bits per heavy atom. The van der Waals surface area contributed by atoms with Gasteiger partial charge in [0.25, 0.3) is 0 Å². The Hall–Kier alpha value is -0.620. The minimum atomic E-state index is 0.556. The summed E-state index contributed by atoms with van der Waals surface area (Å²) >= 11 is 13.9. The highest BCUT2D eigenvalue weighted by Gasteiger charge is 2.34. The summed E-state index contributed by atoms with van der Waals surface area (Å²) in [5, 5.41) is 4.93. The van der Waals surface area contributed by atoms with Crippen LogP contribution in [0.4, 0.5) is 5.69 Å². The van der Waals surface area contributed by atoms with Crippen LogP contribution in [-0.4, -0.2) is 34.4 Å². The zero-order chi connectivity index (χ0) is 14.4. The van der Waals surface area contributed by atoms with Crippen LogP contribution in [0.3, 0.4) is 0 Å². The van der Waals surface area contributed by atoms with Crippen molar-refractivity contribution in [2.75, 3.05) is 24.5 Å². The zero-order valence-corrected chi connectivity index (χ0v) is 13.8. The quantitative estimate of drug-likeness (QED) is 0.905. The molecule has 1 aliphatic heterocycles. The second kappa shape index (κ2) is 5.54. The maximum absolute atomic E-state index is 6.49. The Morgan fingerprint density at radius 1 is 1.19 bits per heavy atom. The number of hydrogen-bond acceptors (Lipinski definition) is 5. The molecule has 21 heavy (non-hydrogen) atoms. The fraction of sp³-hybridized carbons (Fsp3) is 0.571. The van der Waals surface area contributed by atoms with E-state index in [1.807, 2.05) is 0 Å². The molecule has 2 heterocycles. The van der Waals surface area contributed by atoms with E-state index in [1.54, 1.807) is 6.07 Å². The first-order chi connectivity index (χ1) is 10.2. The van der Waals surface area contributed by atoms with E-state index in [4.69, 9.17) is 23.2 Å². The van der Waals surface area contributed by atoms with Crippen molar-refractivity contribution >= 4 is 51.7 Å². The van der Waals surface area contributed by atoms with Crippen LogP contribution in [-0.2, 0) is 0 Å². The van der Waals surface area contributed by atoms with Crippen LogP contribution in [0.1, 0.15) is 19.3 Å². The molecule has 2 aromatic rings. The average molecular weight is 343 g/mol. The van der Waals surface area contributed by atoms with Crippen molar-refractivity contribution in [3.63, 3.8) is 0 Å². The van der Waals surface area contributed by atoms with E-state index >= 15 is 0 Å². The van der Waals surface area contributed by atoms with Gasteiger partial charge in [-0.1, -0.05) is 23.2 Å². The predicted octanol–water partition coefficient (Wildman–Crippen LogP) is 3.58. The molecule has 1 aromatic carbocycles. The van der Waals surface area contributed by atoms with Gasteiger partial charge in [0.15, 0.2) is 0 Å². The Kier molecular flexibility index (Phi) is 3.69. The van der Waals surface area contributed by atoms with Crippen molar-refractivity contribution in [2.24, 2.45) is 5.92 Å². The molecule has 1 atom stereocenters. The topological polar surface area (TPSA) is 41.1 Å². The van der Waals surface area contributed by atoms with Crippen LogP contribution in [0.2, 0.25) is 10.0 Å². The van der Waals surface area contributed by atoms with Gasteiger partial charge in [0, 0.05) is 19.1 Å². The summed E-state index contributed by atoms with van der Waals surface area (Å²) in [6.07, 6.45) is 3.79. The van der Waals surface area contributed by atoms with Crippen molar-refractivity contribution in [2.45, 2.75) is 25.3 Å². The van der Waals surface area contributed by atoms with E-state index in [1.165, 1.54) is 24.6 Å². The van der Waals surface area contributed by atoms with Gasteiger partial charge in [-0.15, -0.1) is 0 Å². The van der Waals surface area contributed by atoms with Crippen LogP contribution in [0.5, 0.6) is 0 Å². The summed E-state index contributed by atoms with van der Waals surface area (Å²) in [7, 11) is 0. The van der Waals surface area contributed by atoms with E-state index in [0.717, 1.165) is 48.7 Å². The third-order valence-corrected chi connectivity index (χ3v) is 5.46. The van der Waals surface area contributed by atoms with Gasteiger partial charge in [-0.2, -0.15) is 8.75 Å². The molecule has 2 aliphatic rings. The number of rotatable bonds is 2. The van der Waals surface area contributed by atoms with E-state index in [0.29, 0.717) is 16.1 Å². The number of aromatic nitrogens is 2. The first-order valence-electron chi connectivity index (χ1n) is 7.32. The molecule has 4 nitrogen and oxygen atoms in total. The summed E-state index contributed by atoms with van der Waals surface area (Å²) in [6, 6.07) is 2.35. The molecule has 112 valence electrons. The Morgan fingerprint density at radius 3 is 2.81 bits per heavy atom. The zero-order valence-electron chi connectivity index (χ0n) is 11.5. The minimum Gasteiger partial charge on any atom is -0.367 e. The predicted molar refractivity (Wildman–Crippen MR) is 88.8 cm³/mol. The lowest BCUT2D eigenvalue weighted by Gasteiger charge is -2.27. The molecule has 1 N–H and O–H groups in total. The lowest BCUT2D eigenvalue weighted by atomic mass is 10.1. The lowest BCUT2D eigenvalue weighted by molar-refractivity contribution is 0.490. The Labute approximate surface area is 137 Å². The van der Waals surface area contributed by atoms with Gasteiger partial charge >= 0.3 is 0 Å². The molecule has 4 rings (SSSR count). The molecule has 7 heteroatoms. The first-order valence-corrected chi connectivity index (χ1v) is 8.81. The smallest absolute Gasteiger partial charge is 0.131 e. The third kappa shape index (κ3) is 2.61. The Bertz CT molecular complexity index is 670. The number of benzene rings is 1. The van der Waals surface area contributed by atoms with E-state index in [2.05, 4.69) is 19.0 Å². The number of nitrogens with one attached hydrogen (secondary N) is 1. The SMILES string of the molecule is Clc1cc(Cl)c2nsnc2c1N1CCCNC(C2CC2)C1. The number of halogens is 2. The third-order valence-electron chi connectivity index (χ3n) is 4.35. The molecule has 2 fully saturated rings. The van der Waals surface area contributed by atoms with Crippen molar-refractivity contribution in [3.05, 3.63) is 16.1 Å². The molecule has 1 aliphatic carbocycles. The molecule has 0 amide bonds. The number of fused-ring (bicyclic) bond motifs is 1. The lowest BCUT2D eigenvalue weighted by Crippen LogP contribution is -2.39. The monoisotopic (exact) mass is 342 g/mol. The second-order valence-corrected chi connectivity index (χ2v) is 7.19. The molecule has 1 aromatic heterocycles. The van der Waals surface area contributed by atoms with Crippen molar-refractivity contribution in [1.82, 2.24) is 14.1 Å². The van der Waals surface area contributed by atoms with Crippen molar-refractivity contribution < 1.29 is 0 Å². The number of anilines is 1. The summed E-state index contributed by atoms with van der Waals surface area (Å²) in [4.78, 5) is 2.37. The van der Waals surface area contributed by atoms with Gasteiger partial charge in [-0.05, 0) is 37.8 Å². The van der Waals surface area contributed by atoms with Gasteiger partial charge < -0.3 is 10.2 Å². The average Bonchev–Trinajstić information content (AvgIpc) is 3.21. The molecular weight excluding hydrogens is 327 g/mol. The number of nitrogens with zero attached hydrogens (tertiary/aromatic N) is 3. The highest BCUT2D eigenvalue weighted by molar-refractivity contribution is 7.00. The summed E-state index contributed by atoms with van der Waals surface area (Å²) in [6.45, 7) is 3.05. The van der Waals surface area contributed by atoms with Crippen LogP contribution in [0.25, 0.3) is 11.0 Å². The van der Waals surface area contributed by atoms with Gasteiger partial charge in [0.05, 0.1) is 27.5 Å². The van der Waals surface area contributed by atoms with Gasteiger partial charge in [-0.25, -0.2) is 0 Å². The highest BCUT2D eigenvalue weighted by Crippen LogP contribution is 2.40. The molecule has 0 radical (unpaired) electrons. The van der Waals surface area contributed by atoms with Crippen LogP contribution in [0, 0.1) is 5.92 Å². The van der Waals surface area contributed by atoms with Crippen molar-refractivity contribution in [1.29, 1.82) is 0 Å². The number of hydrogen-bond donors (Lipinski definition) is 1. The van der Waals surface area contributed by atoms with Crippen LogP contribution < -0.4 is 10.2 Å². The largest absolute Gasteiger partial charge is 0.367 e. The maximum Gasteiger partial charge on any atom is 0.131 e. The van der Waals surface area contributed by atoms with E-state index in [9.17, 15) is 0 Å². The molecule has 1 saturated carbocycles. The summed E-state index contributed by atoms with van der Waals surface area (Å²) in [5.41, 5.74) is 2.61.